The minimum Gasteiger partial charge on any atom is -0.423 e. The number of anilines is 2. The Morgan fingerprint density at radius 2 is 1.89 bits per heavy atom. The number of nitrogens with zero attached hydrogens (tertiary/aromatic N) is 2. The van der Waals surface area contributed by atoms with E-state index in [-0.39, 0.29) is 5.63 Å². The molecule has 0 aliphatic rings. The lowest BCUT2D eigenvalue weighted by Gasteiger charge is -2.05. The normalized spacial score (nSPS) is 11.1. The molecule has 7 heteroatoms. The summed E-state index contributed by atoms with van der Waals surface area (Å²) in [7, 11) is 0. The maximum absolute atomic E-state index is 11.9. The van der Waals surface area contributed by atoms with Crippen LogP contribution in [-0.4, -0.2) is 10.2 Å². The Morgan fingerprint density at radius 1 is 1.04 bits per heavy atom. The molecule has 0 aliphatic heterocycles. The molecule has 5 nitrogen and oxygen atoms in total. The number of aryl methyl sites for hydroxylation is 3. The molecular weight excluding hydrogens is 390 g/mol. The largest absolute Gasteiger partial charge is 0.423 e. The van der Waals surface area contributed by atoms with Crippen LogP contribution in [0.25, 0.3) is 11.0 Å². The van der Waals surface area contributed by atoms with Gasteiger partial charge in [-0.15, -0.1) is 10.2 Å². The van der Waals surface area contributed by atoms with Gasteiger partial charge in [0.05, 0.1) is 0 Å². The van der Waals surface area contributed by atoms with Crippen molar-refractivity contribution in [3.8, 4) is 0 Å². The van der Waals surface area contributed by atoms with Gasteiger partial charge in [-0.05, 0) is 61.2 Å². The summed E-state index contributed by atoms with van der Waals surface area (Å²) in [4.78, 5) is 11.9. The molecule has 2 heterocycles. The van der Waals surface area contributed by atoms with Gasteiger partial charge in [0.1, 0.15) is 5.58 Å². The summed E-state index contributed by atoms with van der Waals surface area (Å²) in [5, 5.41) is 13.5. The maximum atomic E-state index is 11.9. The van der Waals surface area contributed by atoms with Crippen molar-refractivity contribution >= 4 is 44.9 Å². The van der Waals surface area contributed by atoms with Crippen LogP contribution in [0.2, 0.25) is 0 Å². The van der Waals surface area contributed by atoms with Crippen molar-refractivity contribution in [1.29, 1.82) is 0 Å². The van der Waals surface area contributed by atoms with Crippen LogP contribution < -0.4 is 10.9 Å². The van der Waals surface area contributed by atoms with Crippen LogP contribution in [-0.2, 0) is 5.75 Å². The van der Waals surface area contributed by atoms with E-state index in [2.05, 4.69) is 41.5 Å². The van der Waals surface area contributed by atoms with E-state index >= 15 is 0 Å². The highest BCUT2D eigenvalue weighted by atomic mass is 32.2. The molecule has 28 heavy (non-hydrogen) atoms. The molecule has 142 valence electrons. The number of hydrogen-bond donors (Lipinski definition) is 1. The minimum absolute atomic E-state index is 0.330. The fourth-order valence-electron chi connectivity index (χ4n) is 2.86. The second kappa shape index (κ2) is 7.77. The van der Waals surface area contributed by atoms with Crippen molar-refractivity contribution in [2.45, 2.75) is 30.9 Å². The fraction of sp³-hybridized carbons (Fsp3) is 0.190. The number of nitrogens with one attached hydrogen (secondary N) is 1. The van der Waals surface area contributed by atoms with E-state index in [0.29, 0.717) is 11.3 Å². The second-order valence-corrected chi connectivity index (χ2v) is 8.88. The average molecular weight is 410 g/mol. The molecule has 0 unspecified atom stereocenters. The van der Waals surface area contributed by atoms with E-state index in [1.165, 1.54) is 22.5 Å². The SMILES string of the molecule is Cc1ccc2c(CSc3nnc(Nc4ccc(C)c(C)c4)s3)cc(=O)oc2c1. The summed E-state index contributed by atoms with van der Waals surface area (Å²) in [5.41, 5.74) is 5.78. The third-order valence-electron chi connectivity index (χ3n) is 4.50. The van der Waals surface area contributed by atoms with Crippen LogP contribution in [0, 0.1) is 20.8 Å². The van der Waals surface area contributed by atoms with Crippen molar-refractivity contribution in [2.75, 3.05) is 5.32 Å². The molecule has 0 fully saturated rings. The molecule has 0 aliphatic carbocycles. The summed E-state index contributed by atoms with van der Waals surface area (Å²) < 4.78 is 6.17. The van der Waals surface area contributed by atoms with Crippen molar-refractivity contribution in [1.82, 2.24) is 10.2 Å². The van der Waals surface area contributed by atoms with E-state index in [4.69, 9.17) is 4.42 Å². The topological polar surface area (TPSA) is 68.0 Å². The highest BCUT2D eigenvalue weighted by molar-refractivity contribution is 8.00. The van der Waals surface area contributed by atoms with Gasteiger partial charge < -0.3 is 9.73 Å². The molecule has 2 aromatic carbocycles. The first-order chi connectivity index (χ1) is 13.5. The number of hydrogen-bond acceptors (Lipinski definition) is 7. The zero-order chi connectivity index (χ0) is 19.7. The quantitative estimate of drug-likeness (QED) is 0.341. The van der Waals surface area contributed by atoms with Crippen LogP contribution >= 0.6 is 23.1 Å². The third kappa shape index (κ3) is 4.10. The summed E-state index contributed by atoms with van der Waals surface area (Å²) in [6, 6.07) is 13.7. The molecule has 0 amide bonds. The van der Waals surface area contributed by atoms with Gasteiger partial charge in [-0.3, -0.25) is 0 Å². The molecule has 0 saturated carbocycles. The molecule has 4 aromatic rings. The Hall–Kier alpha value is -2.64. The number of thioether (sulfide) groups is 1. The van der Waals surface area contributed by atoms with Crippen LogP contribution in [0.15, 0.2) is 56.0 Å². The summed E-state index contributed by atoms with van der Waals surface area (Å²) in [5.74, 6) is 0.628. The van der Waals surface area contributed by atoms with Crippen LogP contribution in [0.3, 0.4) is 0 Å². The highest BCUT2D eigenvalue weighted by Crippen LogP contribution is 2.31. The Labute approximate surface area is 170 Å². The average Bonchev–Trinajstić information content (AvgIpc) is 3.09. The Balaban J connectivity index is 1.50. The standard InChI is InChI=1S/C21H19N3O2S2/c1-12-4-7-17-15(10-19(25)26-18(17)8-12)11-27-21-24-23-20(28-21)22-16-6-5-13(2)14(3)9-16/h4-10H,11H2,1-3H3,(H,22,23). The predicted octanol–water partition coefficient (Wildman–Crippen LogP) is 5.61. The Morgan fingerprint density at radius 3 is 2.71 bits per heavy atom. The van der Waals surface area contributed by atoms with Crippen LogP contribution in [0.1, 0.15) is 22.3 Å². The van der Waals surface area contributed by atoms with E-state index in [9.17, 15) is 4.79 Å². The van der Waals surface area contributed by atoms with Gasteiger partial charge >= 0.3 is 5.63 Å². The first kappa shape index (κ1) is 18.7. The second-order valence-electron chi connectivity index (χ2n) is 6.68. The number of benzene rings is 2. The lowest BCUT2D eigenvalue weighted by atomic mass is 10.1. The first-order valence-corrected chi connectivity index (χ1v) is 10.6. The van der Waals surface area contributed by atoms with Crippen molar-refractivity contribution < 1.29 is 4.42 Å². The molecule has 0 saturated heterocycles. The lowest BCUT2D eigenvalue weighted by molar-refractivity contribution is 0.559. The van der Waals surface area contributed by atoms with Gasteiger partial charge in [0.25, 0.3) is 0 Å². The monoisotopic (exact) mass is 409 g/mol. The molecule has 0 radical (unpaired) electrons. The number of fused-ring (bicyclic) bond motifs is 1. The zero-order valence-corrected chi connectivity index (χ0v) is 17.4. The van der Waals surface area contributed by atoms with Crippen LogP contribution in [0.5, 0.6) is 0 Å². The number of rotatable bonds is 5. The van der Waals surface area contributed by atoms with Gasteiger partial charge in [-0.25, -0.2) is 4.79 Å². The number of aromatic nitrogens is 2. The van der Waals surface area contributed by atoms with Gasteiger partial charge in [0.15, 0.2) is 4.34 Å². The lowest BCUT2D eigenvalue weighted by Crippen LogP contribution is -2.00. The van der Waals surface area contributed by atoms with Crippen LogP contribution in [0.4, 0.5) is 10.8 Å². The summed E-state index contributed by atoms with van der Waals surface area (Å²) in [6.07, 6.45) is 0. The van der Waals surface area contributed by atoms with E-state index in [1.807, 2.05) is 31.2 Å². The molecule has 2 aromatic heterocycles. The Kier molecular flexibility index (Phi) is 5.19. The minimum atomic E-state index is -0.330. The fourth-order valence-corrected chi connectivity index (χ4v) is 4.62. The van der Waals surface area contributed by atoms with Gasteiger partial charge in [0.2, 0.25) is 5.13 Å². The first-order valence-electron chi connectivity index (χ1n) is 8.82. The molecule has 0 spiro atoms. The summed E-state index contributed by atoms with van der Waals surface area (Å²) >= 11 is 3.06. The molecular formula is C21H19N3O2S2. The van der Waals surface area contributed by atoms with Crippen molar-refractivity contribution in [3.05, 3.63) is 75.1 Å². The van der Waals surface area contributed by atoms with Gasteiger partial charge in [-0.2, -0.15) is 0 Å². The van der Waals surface area contributed by atoms with E-state index in [1.54, 1.807) is 17.8 Å². The predicted molar refractivity (Wildman–Crippen MR) is 116 cm³/mol. The highest BCUT2D eigenvalue weighted by Gasteiger charge is 2.10. The van der Waals surface area contributed by atoms with Gasteiger partial charge in [-0.1, -0.05) is 41.3 Å². The Bertz CT molecular complexity index is 1210. The van der Waals surface area contributed by atoms with Crippen molar-refractivity contribution in [2.24, 2.45) is 0 Å². The van der Waals surface area contributed by atoms with E-state index in [0.717, 1.165) is 31.7 Å². The van der Waals surface area contributed by atoms with Crippen molar-refractivity contribution in [3.63, 3.8) is 0 Å². The molecule has 0 bridgehead atoms. The molecule has 1 N–H and O–H groups in total. The molecule has 0 atom stereocenters. The van der Waals surface area contributed by atoms with Gasteiger partial charge in [0, 0.05) is 22.9 Å². The summed E-state index contributed by atoms with van der Waals surface area (Å²) in [6.45, 7) is 6.16. The maximum Gasteiger partial charge on any atom is 0.336 e. The molecule has 4 rings (SSSR count). The van der Waals surface area contributed by atoms with E-state index < -0.39 is 0 Å². The third-order valence-corrected chi connectivity index (χ3v) is 6.52. The smallest absolute Gasteiger partial charge is 0.336 e. The zero-order valence-electron chi connectivity index (χ0n) is 15.8.